The minimum absolute atomic E-state index is 0.864. The molecule has 12 fully saturated rings. The van der Waals surface area contributed by atoms with Gasteiger partial charge >= 0.3 is 0 Å². The van der Waals surface area contributed by atoms with Crippen LogP contribution < -0.4 is 31.9 Å². The van der Waals surface area contributed by atoms with Crippen molar-refractivity contribution in [1.29, 1.82) is 0 Å². The van der Waals surface area contributed by atoms with Gasteiger partial charge in [0, 0.05) is 41.5 Å². The van der Waals surface area contributed by atoms with E-state index in [1.54, 1.807) is 0 Å². The molecule has 12 heterocycles. The third-order valence-corrected chi connectivity index (χ3v) is 27.4. The van der Waals surface area contributed by atoms with Crippen molar-refractivity contribution >= 4 is 35.4 Å². The highest BCUT2D eigenvalue weighted by atomic mass is 16.8. The number of carbonyl (C=O) groups is 6. The summed E-state index contributed by atoms with van der Waals surface area (Å²) in [7, 11) is 0. The molecule has 0 aliphatic carbocycles. The van der Waals surface area contributed by atoms with E-state index in [9.17, 15) is 187 Å². The largest absolute Gasteiger partial charge is 0.394 e. The number of hydrogen-bond acceptors (Lipinski definition) is 60. The first-order valence-corrected chi connectivity index (χ1v) is 48.0. The van der Waals surface area contributed by atoms with Crippen LogP contribution in [-0.4, -0.2) is 635 Å². The molecule has 0 saturated carbocycles. The molecule has 12 rings (SSSR count). The first kappa shape index (κ1) is 123. The fourth-order valence-electron chi connectivity index (χ4n) is 19.5. The molecule has 0 aromatic rings. The van der Waals surface area contributed by atoms with Gasteiger partial charge in [0.2, 0.25) is 35.4 Å². The van der Waals surface area contributed by atoms with Crippen LogP contribution in [0, 0.1) is 0 Å². The predicted octanol–water partition coefficient (Wildman–Crippen LogP) is -25.3. The summed E-state index contributed by atoms with van der Waals surface area (Å²) >= 11 is 0. The number of amides is 6. The van der Waals surface area contributed by atoms with Gasteiger partial charge in [-0.05, 0) is 6.92 Å². The standard InChI is InChI=1S/C84H140N6O60/c1-19-43(105)56(118)60(122)79(131-19)129-18-36-69(52(114)37(73(127)132-36)85-20(2)99)144-77-41(89-24(6)103)54(116)67(32(14-97)138-77)147-82-64(126)70(148-84-72(63(125)68(33(15-98)140-84)143-75-38(86-21(3)100)50(112)44(106)26(8-91)133-75)150-78-42(90-25(7)104)55(117)66(31(13-96)139-78)146-81-62(124)58(120)47(109)29(11-94)136-81)49(111)35(141-82)17-130-83-71(149-76-39(87-22(4)101)51(113)45(107)27(9-92)134-76)59(121)48(110)34(142-83)16-128-74-40(88-23(5)102)53(115)65(30(12-95)137-74)145-80-61(123)57(119)46(108)28(10-93)135-80/h19,26-84,91-98,105-127H,8-18H2,1-7H3,(H,85,99)(H,86,100)(H,87,101)(H,88,102)(H,89,103)(H,90,104)/t19-,26+,27+,28+,29+,30+,31+,32+,33+,34+,35+,36+,37+,38+,39+,40+,41+,42+,43+,44+,45+,46-,47-,48+,49+,50+,51+,52+,53+,54+,55+,56+,57-,58-,59-,60-,61+,62+,63-,64-,65+,66+,67+,68+,69+,70-,71-,72-,73?,74+,75-,76-,77-,78-,79+,80-,81-,82-,83-,84+/m0/s1. The maximum absolute atomic E-state index is 13.6. The molecule has 0 radical (unpaired) electrons. The highest BCUT2D eigenvalue weighted by molar-refractivity contribution is 5.75. The molecule has 0 bridgehead atoms. The van der Waals surface area contributed by atoms with Gasteiger partial charge in [-0.1, -0.05) is 0 Å². The van der Waals surface area contributed by atoms with E-state index in [0.717, 1.165) is 41.5 Å². The van der Waals surface area contributed by atoms with Gasteiger partial charge in [-0.15, -0.1) is 0 Å². The lowest BCUT2D eigenvalue weighted by Gasteiger charge is -2.52. The maximum Gasteiger partial charge on any atom is 0.217 e. The Bertz CT molecular complexity index is 4250. The number of hydrogen-bond donors (Lipinski definition) is 37. The second-order valence-corrected chi connectivity index (χ2v) is 38.1. The SMILES string of the molecule is CC(=O)N[C@H]1[C@H](O[C@H]2[C@H](O)[C@@H](NC(C)=O)C(O)O[C@@H]2CO[C@@H]2O[C@@H](C)[C@@H](O)[C@@H](O)[C@@H]2O)O[C@H](CO)[C@@H](O[C@@H]2O[C@H](CO[C@H]3O[C@H](CO[C@@H]4O[C@H](CO)[C@@H](O[C@@H]5O[C@H](CO)[C@H](O)[C@H](O)[C@H]5O)[C@H](O)[C@H]4NC(C)=O)[C@@H](O)[C@H](O)[C@@H]3O[C@@H]3O[C@H](CO)[C@@H](O)[C@H](O)[C@H]3NC(C)=O)[C@@H](O)[C@H](O[C@H]3O[C@H](CO)[C@@H](O[C@@H]4O[C@H](CO)[C@@H](O)[C@H](O)[C@H]4NC(C)=O)[C@H](O)[C@@H]3O[C@@H]3O[C@H](CO)[C@@H](O[C@@H]4O[C@H](CO)[C@H](O)[C@H](O)[C@H]4O)[C@H](O)[C@H]3NC(C)=O)[C@@H]2O)[C@@H]1O. The zero-order valence-corrected chi connectivity index (χ0v) is 81.1. The van der Waals surface area contributed by atoms with Gasteiger partial charge < -0.3 is 299 Å². The molecule has 12 aliphatic heterocycles. The minimum Gasteiger partial charge on any atom is -0.394 e. The van der Waals surface area contributed by atoms with Crippen LogP contribution in [0.1, 0.15) is 48.5 Å². The Balaban J connectivity index is 0.943. The van der Waals surface area contributed by atoms with E-state index in [0.29, 0.717) is 0 Å². The molecule has 12 aliphatic rings. The molecule has 0 aromatic heterocycles. The van der Waals surface area contributed by atoms with Gasteiger partial charge in [0.05, 0.1) is 78.8 Å². The number of carbonyl (C=O) groups excluding carboxylic acids is 6. The molecule has 37 N–H and O–H groups in total. The second-order valence-electron chi connectivity index (χ2n) is 38.1. The second kappa shape index (κ2) is 54.0. The normalized spacial score (nSPS) is 48.8. The summed E-state index contributed by atoms with van der Waals surface area (Å²) in [6, 6.07) is -11.9. The van der Waals surface area contributed by atoms with Crippen molar-refractivity contribution in [3.8, 4) is 0 Å². The molecular formula is C84H140N6O60. The van der Waals surface area contributed by atoms with Crippen LogP contribution in [0.15, 0.2) is 0 Å². The number of ether oxygens (including phenoxy) is 23. The maximum atomic E-state index is 13.6. The Hall–Kier alpha value is -5.34. The summed E-state index contributed by atoms with van der Waals surface area (Å²) in [5.74, 6) is -5.89. The quantitative estimate of drug-likeness (QED) is 0.0272. The number of aliphatic hydroxyl groups excluding tert-OH is 31. The van der Waals surface area contributed by atoms with E-state index in [4.69, 9.17) is 109 Å². The Morgan fingerprint density at radius 3 is 0.820 bits per heavy atom. The molecule has 0 spiro atoms. The van der Waals surface area contributed by atoms with E-state index in [1.807, 2.05) is 0 Å². The van der Waals surface area contributed by atoms with E-state index in [1.165, 1.54) is 6.92 Å². The molecule has 66 nitrogen and oxygen atoms in total. The molecule has 66 heteroatoms. The molecule has 60 atom stereocenters. The summed E-state index contributed by atoms with van der Waals surface area (Å²) < 4.78 is 139. The predicted molar refractivity (Wildman–Crippen MR) is 463 cm³/mol. The Labute approximate surface area is 849 Å². The van der Waals surface area contributed by atoms with E-state index in [-0.39, 0.29) is 0 Å². The zero-order valence-electron chi connectivity index (χ0n) is 81.1. The van der Waals surface area contributed by atoms with Crippen LogP contribution in [0.5, 0.6) is 0 Å². The molecule has 12 saturated heterocycles. The summed E-state index contributed by atoms with van der Waals surface area (Å²) in [6.45, 7) is -6.17. The van der Waals surface area contributed by atoms with Crippen LogP contribution >= 0.6 is 0 Å². The fraction of sp³-hybridized carbons (Fsp3) is 0.929. The van der Waals surface area contributed by atoms with Gasteiger partial charge in [0.1, 0.15) is 287 Å². The Morgan fingerprint density at radius 1 is 0.187 bits per heavy atom. The summed E-state index contributed by atoms with van der Waals surface area (Å²) in [5, 5.41) is 367. The summed E-state index contributed by atoms with van der Waals surface area (Å²) in [5.41, 5.74) is 0. The van der Waals surface area contributed by atoms with Gasteiger partial charge in [-0.2, -0.15) is 0 Å². The van der Waals surface area contributed by atoms with Crippen molar-refractivity contribution in [3.05, 3.63) is 0 Å². The van der Waals surface area contributed by atoms with Gasteiger partial charge in [-0.3, -0.25) is 28.8 Å². The first-order valence-electron chi connectivity index (χ1n) is 48.0. The molecule has 6 amide bonds. The van der Waals surface area contributed by atoms with Crippen molar-refractivity contribution in [3.63, 3.8) is 0 Å². The highest BCUT2D eigenvalue weighted by Gasteiger charge is 2.64. The Morgan fingerprint density at radius 2 is 0.427 bits per heavy atom. The number of rotatable bonds is 39. The van der Waals surface area contributed by atoms with Crippen molar-refractivity contribution in [2.24, 2.45) is 0 Å². The lowest BCUT2D eigenvalue weighted by molar-refractivity contribution is -0.405. The van der Waals surface area contributed by atoms with Crippen LogP contribution in [0.3, 0.4) is 0 Å². The van der Waals surface area contributed by atoms with Crippen LogP contribution in [0.25, 0.3) is 0 Å². The third-order valence-electron chi connectivity index (χ3n) is 27.4. The van der Waals surface area contributed by atoms with Crippen LogP contribution in [0.4, 0.5) is 0 Å². The molecule has 1 unspecified atom stereocenters. The smallest absolute Gasteiger partial charge is 0.217 e. The van der Waals surface area contributed by atoms with Gasteiger partial charge in [0.25, 0.3) is 0 Å². The third kappa shape index (κ3) is 27.7. The van der Waals surface area contributed by atoms with Gasteiger partial charge in [-0.25, -0.2) is 0 Å². The number of aliphatic hydroxyl groups is 31. The number of nitrogens with one attached hydrogen (secondary N) is 6. The average Bonchev–Trinajstić information content (AvgIpc) is 0.746. The van der Waals surface area contributed by atoms with E-state index >= 15 is 0 Å². The van der Waals surface area contributed by atoms with Gasteiger partial charge in [0.15, 0.2) is 75.5 Å². The van der Waals surface area contributed by atoms with Crippen molar-refractivity contribution in [2.45, 2.75) is 417 Å². The van der Waals surface area contributed by atoms with Crippen molar-refractivity contribution < 1.29 is 296 Å². The van der Waals surface area contributed by atoms with E-state index in [2.05, 4.69) is 31.9 Å². The molecule has 150 heavy (non-hydrogen) atoms. The monoisotopic (exact) mass is 2190 g/mol. The van der Waals surface area contributed by atoms with E-state index < -0.39 is 476 Å². The summed E-state index contributed by atoms with van der Waals surface area (Å²) in [4.78, 5) is 78.5. The topological polar surface area (TPSA) is 1010 Å². The fourth-order valence-corrected chi connectivity index (χ4v) is 19.5. The molecule has 866 valence electrons. The average molecular weight is 2190 g/mol. The lowest BCUT2D eigenvalue weighted by Crippen LogP contribution is -2.71. The Kier molecular flexibility index (Phi) is 44.4. The zero-order chi connectivity index (χ0) is 110. The van der Waals surface area contributed by atoms with Crippen molar-refractivity contribution in [1.82, 2.24) is 31.9 Å². The van der Waals surface area contributed by atoms with Crippen LogP contribution in [0.2, 0.25) is 0 Å². The molecular weight excluding hydrogens is 2050 g/mol. The highest BCUT2D eigenvalue weighted by Crippen LogP contribution is 2.43. The lowest BCUT2D eigenvalue weighted by atomic mass is 9.93. The van der Waals surface area contributed by atoms with Crippen LogP contribution in [-0.2, 0) is 138 Å². The van der Waals surface area contributed by atoms with Crippen molar-refractivity contribution in [2.75, 3.05) is 72.7 Å². The molecule has 0 aromatic carbocycles. The minimum atomic E-state index is -2.82. The first-order chi connectivity index (χ1) is 70.9. The summed E-state index contributed by atoms with van der Waals surface area (Å²) in [6.07, 6.45) is -117.